The second kappa shape index (κ2) is 8.12. The second-order valence-corrected chi connectivity index (χ2v) is 7.79. The van der Waals surface area contributed by atoms with Gasteiger partial charge in [-0.1, -0.05) is 17.8 Å². The summed E-state index contributed by atoms with van der Waals surface area (Å²) in [5.74, 6) is 0.257. The number of amides is 1. The Hall–Kier alpha value is -2.70. The minimum atomic E-state index is -0.435. The van der Waals surface area contributed by atoms with Crippen molar-refractivity contribution < 1.29 is 9.21 Å². The van der Waals surface area contributed by atoms with Gasteiger partial charge in [-0.15, -0.1) is 21.5 Å². The van der Waals surface area contributed by atoms with Crippen molar-refractivity contribution in [1.29, 1.82) is 5.26 Å². The minimum absolute atomic E-state index is 0.208. The fourth-order valence-corrected chi connectivity index (χ4v) is 3.43. The van der Waals surface area contributed by atoms with Gasteiger partial charge in [0.25, 0.3) is 5.22 Å². The number of hydrogen-bond acceptors (Lipinski definition) is 8. The van der Waals surface area contributed by atoms with Gasteiger partial charge in [-0.25, -0.2) is 4.98 Å². The number of nitrogens with one attached hydrogen (secondary N) is 1. The van der Waals surface area contributed by atoms with Gasteiger partial charge >= 0.3 is 0 Å². The number of carbonyl (C=O) groups excluding carboxylic acids is 1. The van der Waals surface area contributed by atoms with Crippen molar-refractivity contribution >= 4 is 34.7 Å². The smallest absolute Gasteiger partial charge is 0.277 e. The average Bonchev–Trinajstić information content (AvgIpc) is 3.24. The molecule has 0 saturated carbocycles. The van der Waals surface area contributed by atoms with E-state index in [2.05, 4.69) is 20.5 Å². The van der Waals surface area contributed by atoms with Crippen molar-refractivity contribution in [3.8, 4) is 6.07 Å². The minimum Gasteiger partial charge on any atom is -0.416 e. The Bertz CT molecular complexity index is 960. The summed E-state index contributed by atoms with van der Waals surface area (Å²) < 4.78 is 5.59. The first kappa shape index (κ1) is 18.1. The van der Waals surface area contributed by atoms with Crippen LogP contribution in [0.3, 0.4) is 0 Å². The molecule has 0 unspecified atom stereocenters. The van der Waals surface area contributed by atoms with E-state index < -0.39 is 5.25 Å². The normalized spacial score (nSPS) is 11.7. The molecule has 0 saturated heterocycles. The topological polar surface area (TPSA) is 105 Å². The lowest BCUT2D eigenvalue weighted by Crippen LogP contribution is -2.22. The van der Waals surface area contributed by atoms with E-state index in [-0.39, 0.29) is 5.91 Å². The maximum atomic E-state index is 12.3. The second-order valence-electron chi connectivity index (χ2n) is 5.44. The molecule has 0 aliphatic heterocycles. The number of aryl methyl sites for hydroxylation is 1. The third-order valence-electron chi connectivity index (χ3n) is 3.35. The summed E-state index contributed by atoms with van der Waals surface area (Å²) in [6.45, 7) is 3.69. The zero-order chi connectivity index (χ0) is 18.5. The Morgan fingerprint density at radius 3 is 3.04 bits per heavy atom. The van der Waals surface area contributed by atoms with Crippen LogP contribution in [0.2, 0.25) is 0 Å². The molecule has 132 valence electrons. The molecule has 1 aromatic carbocycles. The van der Waals surface area contributed by atoms with Crippen molar-refractivity contribution in [2.45, 2.75) is 30.7 Å². The molecule has 9 heteroatoms. The molecule has 1 amide bonds. The first-order chi connectivity index (χ1) is 12.5. The maximum absolute atomic E-state index is 12.3. The van der Waals surface area contributed by atoms with Crippen molar-refractivity contribution in [2.75, 3.05) is 5.32 Å². The van der Waals surface area contributed by atoms with Crippen molar-refractivity contribution in [2.24, 2.45) is 0 Å². The highest BCUT2D eigenvalue weighted by Gasteiger charge is 2.19. The van der Waals surface area contributed by atoms with Gasteiger partial charge in [-0.2, -0.15) is 5.26 Å². The van der Waals surface area contributed by atoms with Gasteiger partial charge in [-0.05, 0) is 32.0 Å². The fraction of sp³-hybridized carbons (Fsp3) is 0.235. The van der Waals surface area contributed by atoms with Crippen LogP contribution in [-0.2, 0) is 11.2 Å². The highest BCUT2D eigenvalue weighted by atomic mass is 32.2. The molecule has 2 heterocycles. The van der Waals surface area contributed by atoms with Crippen molar-refractivity contribution in [3.63, 3.8) is 0 Å². The molecule has 1 N–H and O–H groups in total. The maximum Gasteiger partial charge on any atom is 0.277 e. The van der Waals surface area contributed by atoms with Crippen LogP contribution in [0.15, 0.2) is 39.3 Å². The standard InChI is InChI=1S/C17H15N5O2S2/c1-10(16(23)20-13-5-3-4-12(6-13)8-18)26-17-22-21-15(24-17)7-14-9-25-11(2)19-14/h3-6,9-10H,7H2,1-2H3,(H,20,23)/t10-/m0/s1. The summed E-state index contributed by atoms with van der Waals surface area (Å²) in [5, 5.41) is 22.5. The first-order valence-electron chi connectivity index (χ1n) is 7.74. The lowest BCUT2D eigenvalue weighted by Gasteiger charge is -2.09. The summed E-state index contributed by atoms with van der Waals surface area (Å²) in [5.41, 5.74) is 1.95. The van der Waals surface area contributed by atoms with Gasteiger partial charge in [0.05, 0.1) is 34.0 Å². The molecule has 3 rings (SSSR count). The highest BCUT2D eigenvalue weighted by Crippen LogP contribution is 2.24. The number of carbonyl (C=O) groups is 1. The lowest BCUT2D eigenvalue weighted by molar-refractivity contribution is -0.115. The first-order valence-corrected chi connectivity index (χ1v) is 9.50. The molecule has 26 heavy (non-hydrogen) atoms. The quantitative estimate of drug-likeness (QED) is 0.648. The van der Waals surface area contributed by atoms with Crippen LogP contribution < -0.4 is 5.32 Å². The molecule has 0 bridgehead atoms. The number of thiazole rings is 1. The Morgan fingerprint density at radius 1 is 1.46 bits per heavy atom. The Morgan fingerprint density at radius 2 is 2.31 bits per heavy atom. The van der Waals surface area contributed by atoms with Crippen molar-refractivity contribution in [3.05, 3.63) is 51.8 Å². The molecule has 0 aliphatic rings. The molecule has 0 fully saturated rings. The van der Waals surface area contributed by atoms with Crippen LogP contribution in [0.1, 0.15) is 29.1 Å². The van der Waals surface area contributed by atoms with Crippen LogP contribution in [0.4, 0.5) is 5.69 Å². The van der Waals surface area contributed by atoms with Crippen LogP contribution in [0.25, 0.3) is 0 Å². The lowest BCUT2D eigenvalue weighted by atomic mass is 10.2. The molecule has 0 radical (unpaired) electrons. The van der Waals surface area contributed by atoms with Gasteiger partial charge < -0.3 is 9.73 Å². The number of thioether (sulfide) groups is 1. The molecule has 0 spiro atoms. The molecule has 3 aromatic rings. The SMILES string of the molecule is Cc1nc(Cc2nnc(S[C@@H](C)C(=O)Nc3cccc(C#N)c3)o2)cs1. The van der Waals surface area contributed by atoms with E-state index in [1.165, 1.54) is 11.8 Å². The number of nitriles is 1. The fourth-order valence-electron chi connectivity index (χ4n) is 2.12. The molecule has 7 nitrogen and oxygen atoms in total. The predicted octanol–water partition coefficient (Wildman–Crippen LogP) is 3.42. The van der Waals surface area contributed by atoms with Gasteiger partial charge in [-0.3, -0.25) is 4.79 Å². The Kier molecular flexibility index (Phi) is 5.65. The molecule has 2 aromatic heterocycles. The van der Waals surface area contributed by atoms with E-state index in [0.717, 1.165) is 10.7 Å². The summed E-state index contributed by atoms with van der Waals surface area (Å²) >= 11 is 2.75. The van der Waals surface area contributed by atoms with E-state index in [9.17, 15) is 4.79 Å². The number of rotatable bonds is 6. The molecular weight excluding hydrogens is 370 g/mol. The Balaban J connectivity index is 1.58. The summed E-state index contributed by atoms with van der Waals surface area (Å²) in [6.07, 6.45) is 0.472. The van der Waals surface area contributed by atoms with E-state index in [0.29, 0.717) is 28.8 Å². The largest absolute Gasteiger partial charge is 0.416 e. The van der Waals surface area contributed by atoms with Gasteiger partial charge in [0.15, 0.2) is 0 Å². The van der Waals surface area contributed by atoms with Gasteiger partial charge in [0.2, 0.25) is 11.8 Å². The third kappa shape index (κ3) is 4.68. The molecule has 1 atom stereocenters. The van der Waals surface area contributed by atoms with Crippen LogP contribution in [0.5, 0.6) is 0 Å². The number of benzene rings is 1. The van der Waals surface area contributed by atoms with Crippen LogP contribution in [-0.4, -0.2) is 26.3 Å². The number of aromatic nitrogens is 3. The average molecular weight is 385 g/mol. The predicted molar refractivity (Wildman–Crippen MR) is 99.1 cm³/mol. The number of nitrogens with zero attached hydrogens (tertiary/aromatic N) is 4. The van der Waals surface area contributed by atoms with E-state index in [1.807, 2.05) is 18.4 Å². The van der Waals surface area contributed by atoms with Gasteiger partial charge in [0.1, 0.15) is 0 Å². The summed E-state index contributed by atoms with van der Waals surface area (Å²) in [6, 6.07) is 8.79. The van der Waals surface area contributed by atoms with E-state index in [1.54, 1.807) is 42.5 Å². The highest BCUT2D eigenvalue weighted by molar-refractivity contribution is 8.00. The molecule has 0 aliphatic carbocycles. The Labute approximate surface area is 158 Å². The summed E-state index contributed by atoms with van der Waals surface area (Å²) in [7, 11) is 0. The van der Waals surface area contributed by atoms with Crippen molar-refractivity contribution in [1.82, 2.24) is 15.2 Å². The summed E-state index contributed by atoms with van der Waals surface area (Å²) in [4.78, 5) is 16.7. The molecular formula is C17H15N5O2S2. The van der Waals surface area contributed by atoms with E-state index >= 15 is 0 Å². The zero-order valence-electron chi connectivity index (χ0n) is 14.1. The van der Waals surface area contributed by atoms with Gasteiger partial charge in [0, 0.05) is 11.1 Å². The number of anilines is 1. The monoisotopic (exact) mass is 385 g/mol. The van der Waals surface area contributed by atoms with Crippen LogP contribution in [0, 0.1) is 18.3 Å². The zero-order valence-corrected chi connectivity index (χ0v) is 15.7. The number of hydrogen-bond donors (Lipinski definition) is 1. The van der Waals surface area contributed by atoms with Crippen LogP contribution >= 0.6 is 23.1 Å². The third-order valence-corrected chi connectivity index (χ3v) is 5.11. The van der Waals surface area contributed by atoms with E-state index in [4.69, 9.17) is 9.68 Å².